The molecule has 2 aliphatic carbocycles. The molecular formula is C38H52N4O7. The van der Waals surface area contributed by atoms with Crippen molar-refractivity contribution < 1.29 is 33.8 Å². The molecule has 5 atom stereocenters. The molecule has 4 amide bonds. The number of fused-ring (bicyclic) bond motifs is 1. The molecule has 1 saturated heterocycles. The highest BCUT2D eigenvalue weighted by Crippen LogP contribution is 2.33. The first kappa shape index (κ1) is 36.0. The SMILES string of the molecule is CC(C(=O)NC(C(=O)N1CC(Oc2cccc(O)c2)CC1C(=O)NC1CCCc2ccccc21)C1CCCCC1)N(C)C(=O)OC(C)(C)C. The van der Waals surface area contributed by atoms with E-state index in [1.54, 1.807) is 50.8 Å². The molecule has 1 heterocycles. The fraction of sp³-hybridized carbons (Fsp3) is 0.579. The third-order valence-corrected chi connectivity index (χ3v) is 9.98. The molecule has 2 aromatic carbocycles. The van der Waals surface area contributed by atoms with Crippen molar-refractivity contribution in [2.24, 2.45) is 5.92 Å². The van der Waals surface area contributed by atoms with Crippen LogP contribution in [0.4, 0.5) is 4.79 Å². The first-order valence-electron chi connectivity index (χ1n) is 17.7. The van der Waals surface area contributed by atoms with E-state index < -0.39 is 41.8 Å². The van der Waals surface area contributed by atoms with Crippen molar-refractivity contribution in [2.75, 3.05) is 13.6 Å². The fourth-order valence-electron chi connectivity index (χ4n) is 7.27. The summed E-state index contributed by atoms with van der Waals surface area (Å²) in [5.74, 6) is -0.689. The van der Waals surface area contributed by atoms with Crippen molar-refractivity contribution in [2.45, 2.75) is 121 Å². The number of likely N-dealkylation sites (tertiary alicyclic amines) is 1. The molecule has 2 aromatic rings. The molecule has 1 saturated carbocycles. The highest BCUT2D eigenvalue weighted by molar-refractivity contribution is 5.94. The molecule has 1 aliphatic heterocycles. The number of aryl methyl sites for hydroxylation is 1. The van der Waals surface area contributed by atoms with Gasteiger partial charge in [-0.1, -0.05) is 49.6 Å². The zero-order chi connectivity index (χ0) is 35.3. The Bertz CT molecular complexity index is 1500. The van der Waals surface area contributed by atoms with Crippen LogP contribution >= 0.6 is 0 Å². The van der Waals surface area contributed by atoms with E-state index in [1.165, 1.54) is 23.6 Å². The van der Waals surface area contributed by atoms with Crippen molar-refractivity contribution in [3.05, 3.63) is 59.7 Å². The minimum atomic E-state index is -0.903. The Balaban J connectivity index is 1.39. The summed E-state index contributed by atoms with van der Waals surface area (Å²) in [7, 11) is 1.50. The number of nitrogens with one attached hydrogen (secondary N) is 2. The second kappa shape index (κ2) is 15.5. The number of phenols is 1. The topological polar surface area (TPSA) is 138 Å². The number of hydrogen-bond acceptors (Lipinski definition) is 7. The lowest BCUT2D eigenvalue weighted by atomic mass is 9.83. The van der Waals surface area contributed by atoms with E-state index >= 15 is 0 Å². The van der Waals surface area contributed by atoms with Crippen LogP contribution in [0.2, 0.25) is 0 Å². The zero-order valence-electron chi connectivity index (χ0n) is 29.4. The molecule has 3 N–H and O–H groups in total. The van der Waals surface area contributed by atoms with Crippen molar-refractivity contribution >= 4 is 23.8 Å². The molecule has 0 bridgehead atoms. The number of phenolic OH excluding ortho intramolecular Hbond substituents is 1. The average molecular weight is 677 g/mol. The van der Waals surface area contributed by atoms with Gasteiger partial charge in [0.15, 0.2) is 0 Å². The number of ether oxygens (including phenoxy) is 2. The molecule has 5 unspecified atom stereocenters. The number of rotatable bonds is 9. The summed E-state index contributed by atoms with van der Waals surface area (Å²) in [5.41, 5.74) is 1.58. The largest absolute Gasteiger partial charge is 0.508 e. The minimum Gasteiger partial charge on any atom is -0.508 e. The average Bonchev–Trinajstić information content (AvgIpc) is 3.49. The number of amides is 4. The monoisotopic (exact) mass is 676 g/mol. The van der Waals surface area contributed by atoms with Crippen LogP contribution in [0.1, 0.15) is 96.2 Å². The second-order valence-electron chi connectivity index (χ2n) is 14.8. The number of carbonyl (C=O) groups is 4. The van der Waals surface area contributed by atoms with Crippen molar-refractivity contribution in [1.82, 2.24) is 20.4 Å². The highest BCUT2D eigenvalue weighted by atomic mass is 16.6. The first-order valence-corrected chi connectivity index (χ1v) is 17.7. The van der Waals surface area contributed by atoms with Gasteiger partial charge in [-0.05, 0) is 89.0 Å². The predicted octanol–water partition coefficient (Wildman–Crippen LogP) is 5.25. The number of likely N-dealkylation sites (N-methyl/N-ethyl adjacent to an activating group) is 1. The summed E-state index contributed by atoms with van der Waals surface area (Å²) in [6, 6.07) is 11.8. The number of hydrogen-bond donors (Lipinski definition) is 3. The second-order valence-corrected chi connectivity index (χ2v) is 14.8. The molecule has 0 aromatic heterocycles. The van der Waals surface area contributed by atoms with Gasteiger partial charge in [-0.25, -0.2) is 4.79 Å². The van der Waals surface area contributed by atoms with Crippen LogP contribution in [-0.4, -0.2) is 82.1 Å². The van der Waals surface area contributed by atoms with Crippen molar-refractivity contribution in [3.63, 3.8) is 0 Å². The Morgan fingerprint density at radius 2 is 1.71 bits per heavy atom. The van der Waals surface area contributed by atoms with Crippen LogP contribution in [-0.2, 0) is 25.5 Å². The molecule has 0 radical (unpaired) electrons. The molecule has 5 rings (SSSR count). The Labute approximate surface area is 289 Å². The number of carbonyl (C=O) groups excluding carboxylic acids is 4. The lowest BCUT2D eigenvalue weighted by molar-refractivity contribution is -0.143. The number of aromatic hydroxyl groups is 1. The summed E-state index contributed by atoms with van der Waals surface area (Å²) in [5, 5.41) is 16.3. The molecule has 0 spiro atoms. The third kappa shape index (κ3) is 9.05. The zero-order valence-corrected chi connectivity index (χ0v) is 29.4. The van der Waals surface area contributed by atoms with E-state index in [0.717, 1.165) is 56.9 Å². The van der Waals surface area contributed by atoms with Crippen LogP contribution in [0.3, 0.4) is 0 Å². The smallest absolute Gasteiger partial charge is 0.410 e. The van der Waals surface area contributed by atoms with Crippen LogP contribution in [0.25, 0.3) is 0 Å². The summed E-state index contributed by atoms with van der Waals surface area (Å²) >= 11 is 0. The van der Waals surface area contributed by atoms with Gasteiger partial charge in [-0.15, -0.1) is 0 Å². The molecule has 11 heteroatoms. The van der Waals surface area contributed by atoms with Gasteiger partial charge < -0.3 is 30.1 Å². The maximum absolute atomic E-state index is 14.7. The Morgan fingerprint density at radius 1 is 0.980 bits per heavy atom. The van der Waals surface area contributed by atoms with Crippen LogP contribution < -0.4 is 15.4 Å². The summed E-state index contributed by atoms with van der Waals surface area (Å²) in [6.45, 7) is 7.02. The van der Waals surface area contributed by atoms with Gasteiger partial charge in [0.25, 0.3) is 0 Å². The number of nitrogens with zero attached hydrogens (tertiary/aromatic N) is 2. The lowest BCUT2D eigenvalue weighted by Gasteiger charge is -2.36. The minimum absolute atomic E-state index is 0.0548. The van der Waals surface area contributed by atoms with Crippen LogP contribution in [0, 0.1) is 5.92 Å². The van der Waals surface area contributed by atoms with Gasteiger partial charge in [0, 0.05) is 19.5 Å². The maximum Gasteiger partial charge on any atom is 0.410 e. The van der Waals surface area contributed by atoms with E-state index in [9.17, 15) is 24.3 Å². The summed E-state index contributed by atoms with van der Waals surface area (Å²) < 4.78 is 11.7. The quantitative estimate of drug-likeness (QED) is 0.330. The molecule has 3 aliphatic rings. The van der Waals surface area contributed by atoms with Crippen molar-refractivity contribution in [1.29, 1.82) is 0 Å². The molecule has 266 valence electrons. The van der Waals surface area contributed by atoms with Gasteiger partial charge in [0.05, 0.1) is 12.6 Å². The normalized spacial score (nSPS) is 22.3. The van der Waals surface area contributed by atoms with E-state index in [0.29, 0.717) is 5.75 Å². The van der Waals surface area contributed by atoms with Gasteiger partial charge >= 0.3 is 6.09 Å². The van der Waals surface area contributed by atoms with Gasteiger partial charge in [-0.2, -0.15) is 0 Å². The van der Waals surface area contributed by atoms with E-state index in [2.05, 4.69) is 22.8 Å². The van der Waals surface area contributed by atoms with E-state index in [1.807, 2.05) is 12.1 Å². The Hall–Kier alpha value is -4.28. The predicted molar refractivity (Wildman–Crippen MR) is 185 cm³/mol. The summed E-state index contributed by atoms with van der Waals surface area (Å²) in [4.78, 5) is 58.1. The van der Waals surface area contributed by atoms with Crippen LogP contribution in [0.5, 0.6) is 11.5 Å². The van der Waals surface area contributed by atoms with E-state index in [4.69, 9.17) is 9.47 Å². The molecule has 2 fully saturated rings. The molecular weight excluding hydrogens is 624 g/mol. The fourth-order valence-corrected chi connectivity index (χ4v) is 7.27. The van der Waals surface area contributed by atoms with Gasteiger partial charge in [0.2, 0.25) is 17.7 Å². The first-order chi connectivity index (χ1) is 23.3. The lowest BCUT2D eigenvalue weighted by Crippen LogP contribution is -2.59. The third-order valence-electron chi connectivity index (χ3n) is 9.98. The van der Waals surface area contributed by atoms with Crippen LogP contribution in [0.15, 0.2) is 48.5 Å². The highest BCUT2D eigenvalue weighted by Gasteiger charge is 2.46. The summed E-state index contributed by atoms with van der Waals surface area (Å²) in [6.07, 6.45) is 6.27. The van der Waals surface area contributed by atoms with E-state index in [-0.39, 0.29) is 42.5 Å². The number of benzene rings is 2. The Morgan fingerprint density at radius 3 is 2.43 bits per heavy atom. The van der Waals surface area contributed by atoms with Crippen molar-refractivity contribution in [3.8, 4) is 11.5 Å². The van der Waals surface area contributed by atoms with Gasteiger partial charge in [-0.3, -0.25) is 19.3 Å². The maximum atomic E-state index is 14.7. The molecule has 11 nitrogen and oxygen atoms in total. The Kier molecular flexibility index (Phi) is 11.4. The standard InChI is InChI=1S/C38H52N4O7/c1-24(41(5)37(47)49-38(2,3)4)34(44)40-33(26-14-7-6-8-15-26)36(46)42-23-29(48-28-18-12-17-27(43)21-28)22-32(42)35(45)39-31-20-11-16-25-13-9-10-19-30(25)31/h9-10,12-13,17-19,21,24,26,29,31-33,43H,6-8,11,14-16,20,22-23H2,1-5H3,(H,39,45)(H,40,44). The molecule has 49 heavy (non-hydrogen) atoms. The van der Waals surface area contributed by atoms with Gasteiger partial charge in [0.1, 0.15) is 41.3 Å².